The second kappa shape index (κ2) is 6.14. The Morgan fingerprint density at radius 2 is 2.00 bits per heavy atom. The van der Waals surface area contributed by atoms with Crippen LogP contribution in [-0.2, 0) is 4.74 Å². The van der Waals surface area contributed by atoms with E-state index >= 15 is 0 Å². The van der Waals surface area contributed by atoms with Gasteiger partial charge in [0, 0.05) is 24.7 Å². The Morgan fingerprint density at radius 3 is 2.72 bits per heavy atom. The monoisotopic (exact) mass is 342 g/mol. The summed E-state index contributed by atoms with van der Waals surface area (Å²) in [7, 11) is 0. The van der Waals surface area contributed by atoms with Crippen molar-refractivity contribution in [3.05, 3.63) is 47.9 Å². The molecular weight excluding hydrogens is 327 g/mol. The van der Waals surface area contributed by atoms with Gasteiger partial charge in [-0.25, -0.2) is 18.7 Å². The predicted molar refractivity (Wildman–Crippen MR) is 88.4 cm³/mol. The lowest BCUT2D eigenvalue weighted by molar-refractivity contribution is 0.0698. The molecule has 4 rings (SSSR count). The van der Waals surface area contributed by atoms with E-state index in [-0.39, 0.29) is 11.2 Å². The van der Waals surface area contributed by atoms with Crippen LogP contribution < -0.4 is 4.90 Å². The van der Waals surface area contributed by atoms with Crippen molar-refractivity contribution in [1.29, 1.82) is 0 Å². The number of carbonyl (C=O) groups is 1. The van der Waals surface area contributed by atoms with Crippen LogP contribution in [0.4, 0.5) is 10.2 Å². The van der Waals surface area contributed by atoms with Gasteiger partial charge in [0.2, 0.25) is 0 Å². The Hall–Kier alpha value is -3.00. The van der Waals surface area contributed by atoms with Gasteiger partial charge in [-0.3, -0.25) is 0 Å². The highest BCUT2D eigenvalue weighted by Crippen LogP contribution is 2.25. The Morgan fingerprint density at radius 1 is 1.24 bits per heavy atom. The number of aromatic nitrogens is 3. The first-order valence-electron chi connectivity index (χ1n) is 7.85. The number of imidazole rings is 1. The van der Waals surface area contributed by atoms with Gasteiger partial charge in [-0.05, 0) is 12.1 Å². The maximum atomic E-state index is 14.0. The molecule has 1 aliphatic rings. The van der Waals surface area contributed by atoms with E-state index in [0.717, 1.165) is 0 Å². The van der Waals surface area contributed by atoms with Crippen LogP contribution in [0.1, 0.15) is 10.4 Å². The molecule has 0 aliphatic carbocycles. The highest BCUT2D eigenvalue weighted by atomic mass is 19.1. The summed E-state index contributed by atoms with van der Waals surface area (Å²) in [5, 5.41) is 14.0. The number of aromatic carboxylic acids is 1. The zero-order chi connectivity index (χ0) is 17.4. The van der Waals surface area contributed by atoms with Crippen molar-refractivity contribution < 1.29 is 19.0 Å². The molecule has 128 valence electrons. The normalized spacial score (nSPS) is 14.8. The van der Waals surface area contributed by atoms with Crippen molar-refractivity contribution in [2.75, 3.05) is 31.2 Å². The fourth-order valence-electron chi connectivity index (χ4n) is 2.87. The largest absolute Gasteiger partial charge is 0.478 e. The van der Waals surface area contributed by atoms with Gasteiger partial charge in [-0.1, -0.05) is 12.1 Å². The number of hydrogen-bond acceptors (Lipinski definition) is 5. The molecule has 0 spiro atoms. The first-order chi connectivity index (χ1) is 12.1. The minimum Gasteiger partial charge on any atom is -0.478 e. The summed E-state index contributed by atoms with van der Waals surface area (Å²) in [6, 6.07) is 7.73. The van der Waals surface area contributed by atoms with Crippen LogP contribution in [0.25, 0.3) is 16.9 Å². The minimum atomic E-state index is -1.10. The number of anilines is 1. The molecule has 1 aromatic carbocycles. The van der Waals surface area contributed by atoms with Crippen molar-refractivity contribution in [1.82, 2.24) is 14.6 Å². The van der Waals surface area contributed by atoms with E-state index in [0.29, 0.717) is 43.4 Å². The van der Waals surface area contributed by atoms with Crippen LogP contribution in [0.2, 0.25) is 0 Å². The van der Waals surface area contributed by atoms with Crippen molar-refractivity contribution in [2.24, 2.45) is 0 Å². The van der Waals surface area contributed by atoms with E-state index in [2.05, 4.69) is 10.1 Å². The summed E-state index contributed by atoms with van der Waals surface area (Å²) in [6.45, 7) is 2.39. The molecule has 1 fully saturated rings. The molecule has 0 saturated carbocycles. The van der Waals surface area contributed by atoms with Crippen LogP contribution in [0.5, 0.6) is 0 Å². The Labute approximate surface area is 142 Å². The van der Waals surface area contributed by atoms with E-state index in [1.54, 1.807) is 24.4 Å². The third kappa shape index (κ3) is 2.80. The topological polar surface area (TPSA) is 80.0 Å². The second-order valence-corrected chi connectivity index (χ2v) is 5.69. The molecule has 0 radical (unpaired) electrons. The van der Waals surface area contributed by atoms with Crippen LogP contribution in [0.3, 0.4) is 0 Å². The summed E-state index contributed by atoms with van der Waals surface area (Å²) in [5.41, 5.74) is 0.853. The van der Waals surface area contributed by atoms with Crippen LogP contribution in [0.15, 0.2) is 36.5 Å². The summed E-state index contributed by atoms with van der Waals surface area (Å²) in [5.74, 6) is -0.991. The number of carboxylic acid groups (broad SMARTS) is 1. The number of morpholine rings is 1. The van der Waals surface area contributed by atoms with Gasteiger partial charge in [-0.2, -0.15) is 0 Å². The smallest absolute Gasteiger partial charge is 0.339 e. The molecule has 25 heavy (non-hydrogen) atoms. The van der Waals surface area contributed by atoms with Crippen molar-refractivity contribution >= 4 is 17.4 Å². The molecule has 0 atom stereocenters. The maximum Gasteiger partial charge on any atom is 0.339 e. The van der Waals surface area contributed by atoms with Crippen LogP contribution >= 0.6 is 0 Å². The number of carboxylic acids is 1. The molecule has 0 amide bonds. The number of fused-ring (bicyclic) bond motifs is 1. The van der Waals surface area contributed by atoms with Crippen LogP contribution in [-0.4, -0.2) is 52.0 Å². The SMILES string of the molecule is O=C(O)c1cc(N2CCOCC2)nn2cc(-c3ccccc3F)nc12. The van der Waals surface area contributed by atoms with Gasteiger partial charge in [0.1, 0.15) is 11.4 Å². The fraction of sp³-hybridized carbons (Fsp3) is 0.235. The van der Waals surface area contributed by atoms with E-state index in [1.165, 1.54) is 16.6 Å². The molecule has 1 aliphatic heterocycles. The molecule has 7 nitrogen and oxygen atoms in total. The first kappa shape index (κ1) is 15.5. The van der Waals surface area contributed by atoms with Gasteiger partial charge < -0.3 is 14.7 Å². The lowest BCUT2D eigenvalue weighted by Gasteiger charge is -2.27. The lowest BCUT2D eigenvalue weighted by atomic mass is 10.1. The van der Waals surface area contributed by atoms with Gasteiger partial charge in [0.25, 0.3) is 0 Å². The Balaban J connectivity index is 1.86. The molecular formula is C17H15FN4O3. The first-order valence-corrected chi connectivity index (χ1v) is 7.85. The zero-order valence-electron chi connectivity index (χ0n) is 13.2. The van der Waals surface area contributed by atoms with Crippen LogP contribution in [0, 0.1) is 5.82 Å². The molecule has 3 aromatic rings. The van der Waals surface area contributed by atoms with E-state index in [1.807, 2.05) is 4.90 Å². The van der Waals surface area contributed by atoms with Gasteiger partial charge in [0.15, 0.2) is 11.5 Å². The lowest BCUT2D eigenvalue weighted by Crippen LogP contribution is -2.37. The number of rotatable bonds is 3. The van der Waals surface area contributed by atoms with E-state index in [9.17, 15) is 14.3 Å². The predicted octanol–water partition coefficient (Wildman–Crippen LogP) is 2.07. The standard InChI is InChI=1S/C17H15FN4O3/c18-13-4-2-1-3-11(13)14-10-22-16(19-14)12(17(23)24)9-15(20-22)21-5-7-25-8-6-21/h1-4,9-10H,5-8H2,(H,23,24). The number of hydrogen-bond donors (Lipinski definition) is 1. The Bertz CT molecular complexity index is 950. The summed E-state index contributed by atoms with van der Waals surface area (Å²) in [4.78, 5) is 17.9. The highest BCUT2D eigenvalue weighted by Gasteiger charge is 2.20. The molecule has 1 saturated heterocycles. The second-order valence-electron chi connectivity index (χ2n) is 5.69. The quantitative estimate of drug-likeness (QED) is 0.785. The van der Waals surface area contributed by atoms with Gasteiger partial charge in [-0.15, -0.1) is 5.10 Å². The van der Waals surface area contributed by atoms with Crippen molar-refractivity contribution in [2.45, 2.75) is 0 Å². The fourth-order valence-corrected chi connectivity index (χ4v) is 2.87. The average molecular weight is 342 g/mol. The molecule has 0 bridgehead atoms. The third-order valence-electron chi connectivity index (χ3n) is 4.13. The van der Waals surface area contributed by atoms with E-state index in [4.69, 9.17) is 4.74 Å². The third-order valence-corrected chi connectivity index (χ3v) is 4.13. The zero-order valence-corrected chi connectivity index (χ0v) is 13.2. The number of benzene rings is 1. The number of nitrogens with zero attached hydrogens (tertiary/aromatic N) is 4. The Kier molecular flexibility index (Phi) is 3.81. The molecule has 3 heterocycles. The van der Waals surface area contributed by atoms with Crippen molar-refractivity contribution in [3.8, 4) is 11.3 Å². The van der Waals surface area contributed by atoms with E-state index < -0.39 is 11.8 Å². The molecule has 0 unspecified atom stereocenters. The molecule has 8 heteroatoms. The van der Waals surface area contributed by atoms with Gasteiger partial charge in [0.05, 0.1) is 25.1 Å². The average Bonchev–Trinajstić information content (AvgIpc) is 3.05. The van der Waals surface area contributed by atoms with Gasteiger partial charge >= 0.3 is 5.97 Å². The molecule has 1 N–H and O–H groups in total. The maximum absolute atomic E-state index is 14.0. The highest BCUT2D eigenvalue weighted by molar-refractivity contribution is 5.95. The summed E-state index contributed by atoms with van der Waals surface area (Å²) >= 11 is 0. The summed E-state index contributed by atoms with van der Waals surface area (Å²) in [6.07, 6.45) is 1.55. The summed E-state index contributed by atoms with van der Waals surface area (Å²) < 4.78 is 20.7. The number of ether oxygens (including phenoxy) is 1. The molecule has 2 aromatic heterocycles. The van der Waals surface area contributed by atoms with Crippen molar-refractivity contribution in [3.63, 3.8) is 0 Å². The number of halogens is 1. The minimum absolute atomic E-state index is 0.0269.